The van der Waals surface area contributed by atoms with Crippen LogP contribution in [0.25, 0.3) is 0 Å². The molecule has 0 spiro atoms. The molecule has 2 unspecified atom stereocenters. The van der Waals surface area contributed by atoms with E-state index in [2.05, 4.69) is 88.7 Å². The van der Waals surface area contributed by atoms with Crippen molar-refractivity contribution in [2.24, 2.45) is 4.99 Å². The third-order valence-electron chi connectivity index (χ3n) is 5.02. The van der Waals surface area contributed by atoms with E-state index >= 15 is 0 Å². The van der Waals surface area contributed by atoms with Gasteiger partial charge in [0.25, 0.3) is 0 Å². The number of nitrogens with zero attached hydrogens (tertiary/aromatic N) is 4. The van der Waals surface area contributed by atoms with Crippen LogP contribution in [0.2, 0.25) is 0 Å². The number of aromatic nitrogens is 2. The van der Waals surface area contributed by atoms with Crippen molar-refractivity contribution in [3.63, 3.8) is 0 Å². The second kappa shape index (κ2) is 8.73. The molecular formula is C21H32N6O. The van der Waals surface area contributed by atoms with E-state index in [0.717, 1.165) is 25.5 Å². The Morgan fingerprint density at radius 1 is 1.29 bits per heavy atom. The third-order valence-corrected chi connectivity index (χ3v) is 5.02. The maximum Gasteiger partial charge on any atom is 0.232 e. The number of aliphatic imine (C=N–C) groups is 1. The van der Waals surface area contributed by atoms with E-state index in [0.29, 0.717) is 30.3 Å². The van der Waals surface area contributed by atoms with Crippen LogP contribution < -0.4 is 10.6 Å². The Hall–Kier alpha value is -2.41. The number of nitrogens with one attached hydrogen (secondary N) is 2. The Labute approximate surface area is 167 Å². The van der Waals surface area contributed by atoms with Crippen molar-refractivity contribution >= 4 is 5.96 Å². The summed E-state index contributed by atoms with van der Waals surface area (Å²) in [5.74, 6) is 2.05. The molecule has 152 valence electrons. The number of hydrogen-bond donors (Lipinski definition) is 2. The van der Waals surface area contributed by atoms with Crippen LogP contribution in [0.3, 0.4) is 0 Å². The molecule has 0 bridgehead atoms. The SMILES string of the molecule is CN=C(NCc1noc(C(C)(C)C)n1)NC1CC(C)N(Cc2ccccc2)C1. The summed E-state index contributed by atoms with van der Waals surface area (Å²) in [6.07, 6.45) is 1.09. The Morgan fingerprint density at radius 2 is 2.04 bits per heavy atom. The lowest BCUT2D eigenvalue weighted by molar-refractivity contribution is 0.258. The second-order valence-electron chi connectivity index (χ2n) is 8.53. The number of hydrogen-bond acceptors (Lipinski definition) is 5. The van der Waals surface area contributed by atoms with Crippen LogP contribution in [0.4, 0.5) is 0 Å². The van der Waals surface area contributed by atoms with Crippen molar-refractivity contribution < 1.29 is 4.52 Å². The molecule has 0 saturated carbocycles. The first-order valence-electron chi connectivity index (χ1n) is 9.93. The molecule has 28 heavy (non-hydrogen) atoms. The highest BCUT2D eigenvalue weighted by Crippen LogP contribution is 2.21. The van der Waals surface area contributed by atoms with Gasteiger partial charge < -0.3 is 15.2 Å². The van der Waals surface area contributed by atoms with Crippen molar-refractivity contribution in [1.82, 2.24) is 25.7 Å². The second-order valence-corrected chi connectivity index (χ2v) is 8.53. The van der Waals surface area contributed by atoms with Crippen molar-refractivity contribution in [2.45, 2.75) is 64.7 Å². The van der Waals surface area contributed by atoms with Crippen LogP contribution in [0.15, 0.2) is 39.8 Å². The van der Waals surface area contributed by atoms with Crippen molar-refractivity contribution in [3.8, 4) is 0 Å². The fourth-order valence-electron chi connectivity index (χ4n) is 3.42. The van der Waals surface area contributed by atoms with Gasteiger partial charge >= 0.3 is 0 Å². The molecule has 7 heteroatoms. The van der Waals surface area contributed by atoms with Crippen LogP contribution in [-0.4, -0.2) is 46.7 Å². The molecule has 1 aliphatic rings. The lowest BCUT2D eigenvalue weighted by Gasteiger charge is -2.21. The highest BCUT2D eigenvalue weighted by atomic mass is 16.5. The van der Waals surface area contributed by atoms with Crippen molar-refractivity contribution in [3.05, 3.63) is 47.6 Å². The molecule has 7 nitrogen and oxygen atoms in total. The summed E-state index contributed by atoms with van der Waals surface area (Å²) in [5.41, 5.74) is 1.21. The first-order valence-corrected chi connectivity index (χ1v) is 9.93. The quantitative estimate of drug-likeness (QED) is 0.610. The van der Waals surface area contributed by atoms with E-state index in [-0.39, 0.29) is 5.41 Å². The normalized spacial score (nSPS) is 21.1. The predicted octanol–water partition coefficient (Wildman–Crippen LogP) is 2.70. The van der Waals surface area contributed by atoms with Crippen LogP contribution in [-0.2, 0) is 18.5 Å². The van der Waals surface area contributed by atoms with E-state index in [9.17, 15) is 0 Å². The maximum atomic E-state index is 5.35. The fourth-order valence-corrected chi connectivity index (χ4v) is 3.42. The van der Waals surface area contributed by atoms with E-state index in [4.69, 9.17) is 4.52 Å². The predicted molar refractivity (Wildman–Crippen MR) is 111 cm³/mol. The molecule has 2 atom stereocenters. The average molecular weight is 385 g/mol. The van der Waals surface area contributed by atoms with Crippen molar-refractivity contribution in [2.75, 3.05) is 13.6 Å². The average Bonchev–Trinajstić information content (AvgIpc) is 3.26. The fraction of sp³-hybridized carbons (Fsp3) is 0.571. The van der Waals surface area contributed by atoms with Crippen LogP contribution in [0, 0.1) is 0 Å². The summed E-state index contributed by atoms with van der Waals surface area (Å²) in [6.45, 7) is 10.9. The van der Waals surface area contributed by atoms with Crippen LogP contribution in [0.1, 0.15) is 51.4 Å². The molecule has 3 rings (SSSR count). The Balaban J connectivity index is 1.50. The van der Waals surface area contributed by atoms with Crippen LogP contribution >= 0.6 is 0 Å². The first-order chi connectivity index (χ1) is 13.3. The van der Waals surface area contributed by atoms with Gasteiger partial charge in [0.05, 0.1) is 6.54 Å². The number of benzene rings is 1. The molecule has 0 amide bonds. The Bertz CT molecular complexity index is 780. The lowest BCUT2D eigenvalue weighted by Crippen LogP contribution is -2.44. The summed E-state index contributed by atoms with van der Waals surface area (Å²) in [7, 11) is 1.78. The molecule has 1 aromatic carbocycles. The molecular weight excluding hydrogens is 352 g/mol. The monoisotopic (exact) mass is 384 g/mol. The van der Waals surface area contributed by atoms with E-state index in [1.165, 1.54) is 5.56 Å². The van der Waals surface area contributed by atoms with Crippen molar-refractivity contribution in [1.29, 1.82) is 0 Å². The molecule has 1 aliphatic heterocycles. The molecule has 2 aromatic rings. The van der Waals surface area contributed by atoms with Crippen LogP contribution in [0.5, 0.6) is 0 Å². The zero-order valence-electron chi connectivity index (χ0n) is 17.6. The van der Waals surface area contributed by atoms with Gasteiger partial charge in [-0.1, -0.05) is 56.3 Å². The van der Waals surface area contributed by atoms with E-state index in [1.807, 2.05) is 0 Å². The molecule has 2 N–H and O–H groups in total. The minimum atomic E-state index is -0.145. The van der Waals surface area contributed by atoms with Gasteiger partial charge in [0.2, 0.25) is 5.89 Å². The van der Waals surface area contributed by atoms with Gasteiger partial charge in [-0.2, -0.15) is 4.98 Å². The molecule has 0 radical (unpaired) electrons. The smallest absolute Gasteiger partial charge is 0.232 e. The van der Waals surface area contributed by atoms with Gasteiger partial charge in [-0.3, -0.25) is 9.89 Å². The molecule has 1 aromatic heterocycles. The number of guanidine groups is 1. The molecule has 0 aliphatic carbocycles. The van der Waals surface area contributed by atoms with Gasteiger partial charge in [0.15, 0.2) is 11.8 Å². The van der Waals surface area contributed by atoms with Gasteiger partial charge in [0, 0.05) is 37.6 Å². The Morgan fingerprint density at radius 3 is 2.68 bits per heavy atom. The molecule has 1 fully saturated rings. The first kappa shape index (κ1) is 20.3. The Kier molecular flexibility index (Phi) is 6.34. The van der Waals surface area contributed by atoms with Gasteiger partial charge in [-0.15, -0.1) is 0 Å². The highest BCUT2D eigenvalue weighted by molar-refractivity contribution is 5.79. The zero-order valence-corrected chi connectivity index (χ0v) is 17.6. The minimum absolute atomic E-state index is 0.145. The standard InChI is InChI=1S/C21H32N6O/c1-15-11-17(14-27(15)13-16-9-7-6-8-10-16)24-20(22-5)23-12-18-25-19(28-26-18)21(2,3)4/h6-10,15,17H,11-14H2,1-5H3,(H2,22,23,24). The van der Waals surface area contributed by atoms with Gasteiger partial charge in [-0.05, 0) is 18.9 Å². The summed E-state index contributed by atoms with van der Waals surface area (Å²) < 4.78 is 5.35. The summed E-state index contributed by atoms with van der Waals surface area (Å²) in [6, 6.07) is 11.5. The highest BCUT2D eigenvalue weighted by Gasteiger charge is 2.29. The zero-order chi connectivity index (χ0) is 20.1. The van der Waals surface area contributed by atoms with Gasteiger partial charge in [-0.25, -0.2) is 0 Å². The van der Waals surface area contributed by atoms with E-state index in [1.54, 1.807) is 7.05 Å². The summed E-state index contributed by atoms with van der Waals surface area (Å²) >= 11 is 0. The summed E-state index contributed by atoms with van der Waals surface area (Å²) in [5, 5.41) is 10.9. The van der Waals surface area contributed by atoms with E-state index < -0.39 is 0 Å². The molecule has 1 saturated heterocycles. The summed E-state index contributed by atoms with van der Waals surface area (Å²) in [4.78, 5) is 11.3. The lowest BCUT2D eigenvalue weighted by atomic mass is 9.97. The van der Waals surface area contributed by atoms with Gasteiger partial charge in [0.1, 0.15) is 0 Å². The molecule has 2 heterocycles. The topological polar surface area (TPSA) is 78.6 Å². The minimum Gasteiger partial charge on any atom is -0.352 e. The number of rotatable bonds is 5. The maximum absolute atomic E-state index is 5.35. The largest absolute Gasteiger partial charge is 0.352 e. The number of likely N-dealkylation sites (tertiary alicyclic amines) is 1. The third kappa shape index (κ3) is 5.32.